The number of aryl methyl sites for hydroxylation is 1. The van der Waals surface area contributed by atoms with Crippen molar-refractivity contribution < 1.29 is 13.0 Å². The van der Waals surface area contributed by atoms with Gasteiger partial charge in [-0.25, -0.2) is 0 Å². The lowest BCUT2D eigenvalue weighted by Gasteiger charge is -2.06. The first-order valence-electron chi connectivity index (χ1n) is 6.21. The molecule has 104 valence electrons. The van der Waals surface area contributed by atoms with Crippen molar-refractivity contribution in [3.8, 4) is 0 Å². The summed E-state index contributed by atoms with van der Waals surface area (Å²) in [5.41, 5.74) is 7.58. The summed E-state index contributed by atoms with van der Waals surface area (Å²) in [5.74, 6) is 0. The lowest BCUT2D eigenvalue weighted by molar-refractivity contribution is 0.483. The highest BCUT2D eigenvalue weighted by Crippen LogP contribution is 2.33. The number of aromatic nitrogens is 1. The van der Waals surface area contributed by atoms with Gasteiger partial charge in [0.2, 0.25) is 0 Å². The zero-order chi connectivity index (χ0) is 14.5. The SMILES string of the molecule is CCn1c2ccccc2c2cc(N)c(S(=O)(=O)O)cc21. The molecule has 0 aliphatic rings. The van der Waals surface area contributed by atoms with Crippen molar-refractivity contribution in [3.05, 3.63) is 36.4 Å². The van der Waals surface area contributed by atoms with Crippen LogP contribution in [0.3, 0.4) is 0 Å². The van der Waals surface area contributed by atoms with Crippen LogP contribution in [0.4, 0.5) is 5.69 Å². The molecule has 0 saturated heterocycles. The summed E-state index contributed by atoms with van der Waals surface area (Å²) >= 11 is 0. The monoisotopic (exact) mass is 290 g/mol. The molecule has 0 unspecified atom stereocenters. The molecule has 0 amide bonds. The highest BCUT2D eigenvalue weighted by atomic mass is 32.2. The van der Waals surface area contributed by atoms with Crippen LogP contribution in [-0.2, 0) is 16.7 Å². The van der Waals surface area contributed by atoms with E-state index in [1.165, 1.54) is 6.07 Å². The summed E-state index contributed by atoms with van der Waals surface area (Å²) in [6.07, 6.45) is 0. The van der Waals surface area contributed by atoms with Gasteiger partial charge in [0.25, 0.3) is 10.1 Å². The van der Waals surface area contributed by atoms with E-state index in [9.17, 15) is 13.0 Å². The molecule has 3 N–H and O–H groups in total. The van der Waals surface area contributed by atoms with Crippen molar-refractivity contribution in [1.82, 2.24) is 4.57 Å². The van der Waals surface area contributed by atoms with Gasteiger partial charge in [0.15, 0.2) is 0 Å². The number of hydrogen-bond acceptors (Lipinski definition) is 3. The third-order valence-electron chi connectivity index (χ3n) is 3.50. The van der Waals surface area contributed by atoms with E-state index in [1.807, 2.05) is 35.8 Å². The average molecular weight is 290 g/mol. The number of nitrogens with two attached hydrogens (primary N) is 1. The van der Waals surface area contributed by atoms with Gasteiger partial charge < -0.3 is 10.3 Å². The molecule has 0 atom stereocenters. The first-order chi connectivity index (χ1) is 9.43. The second kappa shape index (κ2) is 4.22. The Labute approximate surface area is 116 Å². The number of benzene rings is 2. The topological polar surface area (TPSA) is 85.3 Å². The molecule has 20 heavy (non-hydrogen) atoms. The molecule has 0 bridgehead atoms. The van der Waals surface area contributed by atoms with Crippen LogP contribution in [0, 0.1) is 0 Å². The molecule has 6 heteroatoms. The van der Waals surface area contributed by atoms with E-state index < -0.39 is 10.1 Å². The maximum atomic E-state index is 11.4. The molecule has 0 aliphatic heterocycles. The molecule has 3 aromatic rings. The van der Waals surface area contributed by atoms with Gasteiger partial charge in [0.1, 0.15) is 4.90 Å². The van der Waals surface area contributed by atoms with E-state index in [4.69, 9.17) is 5.73 Å². The van der Waals surface area contributed by atoms with Crippen molar-refractivity contribution in [1.29, 1.82) is 0 Å². The highest BCUT2D eigenvalue weighted by Gasteiger charge is 2.18. The molecule has 0 saturated carbocycles. The number of fused-ring (bicyclic) bond motifs is 3. The van der Waals surface area contributed by atoms with Crippen molar-refractivity contribution >= 4 is 37.6 Å². The van der Waals surface area contributed by atoms with Crippen LogP contribution in [0.15, 0.2) is 41.3 Å². The zero-order valence-electron chi connectivity index (χ0n) is 10.9. The van der Waals surface area contributed by atoms with E-state index in [2.05, 4.69) is 0 Å². The number of rotatable bonds is 2. The number of nitrogen functional groups attached to an aromatic ring is 1. The molecular weight excluding hydrogens is 276 g/mol. The first-order valence-corrected chi connectivity index (χ1v) is 7.65. The predicted octanol–water partition coefficient (Wildman–Crippen LogP) is 2.64. The number of anilines is 1. The first kappa shape index (κ1) is 13.0. The highest BCUT2D eigenvalue weighted by molar-refractivity contribution is 7.86. The maximum Gasteiger partial charge on any atom is 0.296 e. The van der Waals surface area contributed by atoms with Gasteiger partial charge in [-0.15, -0.1) is 0 Å². The standard InChI is InChI=1S/C14H14N2O3S/c1-2-16-12-6-4-3-5-9(12)10-7-11(15)14(8-13(10)16)20(17,18)19/h3-8H,2,15H2,1H3,(H,17,18,19). The molecule has 3 rings (SSSR count). The number of nitrogens with zero attached hydrogens (tertiary/aromatic N) is 1. The lowest BCUT2D eigenvalue weighted by atomic mass is 10.1. The van der Waals surface area contributed by atoms with Gasteiger partial charge in [0, 0.05) is 22.8 Å². The van der Waals surface area contributed by atoms with Crippen LogP contribution in [-0.4, -0.2) is 17.5 Å². The Bertz CT molecular complexity index is 926. The van der Waals surface area contributed by atoms with Gasteiger partial charge >= 0.3 is 0 Å². The molecule has 5 nitrogen and oxygen atoms in total. The quantitative estimate of drug-likeness (QED) is 0.561. The number of para-hydroxylation sites is 1. The third kappa shape index (κ3) is 1.76. The van der Waals surface area contributed by atoms with Crippen LogP contribution in [0.5, 0.6) is 0 Å². The van der Waals surface area contributed by atoms with Crippen molar-refractivity contribution in [3.63, 3.8) is 0 Å². The minimum Gasteiger partial charge on any atom is -0.398 e. The summed E-state index contributed by atoms with van der Waals surface area (Å²) in [4.78, 5) is -0.248. The summed E-state index contributed by atoms with van der Waals surface area (Å²) < 4.78 is 34.0. The maximum absolute atomic E-state index is 11.4. The molecule has 1 aromatic heterocycles. The van der Waals surface area contributed by atoms with Gasteiger partial charge in [-0.05, 0) is 25.1 Å². The summed E-state index contributed by atoms with van der Waals surface area (Å²) in [5, 5.41) is 1.89. The van der Waals surface area contributed by atoms with Gasteiger partial charge in [0.05, 0.1) is 11.2 Å². The van der Waals surface area contributed by atoms with Crippen LogP contribution in [0.1, 0.15) is 6.92 Å². The van der Waals surface area contributed by atoms with Crippen LogP contribution < -0.4 is 5.73 Å². The molecule has 0 aliphatic carbocycles. The zero-order valence-corrected chi connectivity index (χ0v) is 11.7. The summed E-state index contributed by atoms with van der Waals surface area (Å²) in [6, 6.07) is 10.8. The number of hydrogen-bond donors (Lipinski definition) is 2. The van der Waals surface area contributed by atoms with E-state index in [1.54, 1.807) is 6.07 Å². The Morgan fingerprint density at radius 2 is 1.85 bits per heavy atom. The Morgan fingerprint density at radius 1 is 1.15 bits per heavy atom. The molecule has 0 spiro atoms. The summed E-state index contributed by atoms with van der Waals surface area (Å²) in [7, 11) is -4.33. The minimum absolute atomic E-state index is 0.0546. The van der Waals surface area contributed by atoms with Crippen molar-refractivity contribution in [2.75, 3.05) is 5.73 Å². The van der Waals surface area contributed by atoms with Crippen LogP contribution >= 0.6 is 0 Å². The van der Waals surface area contributed by atoms with Gasteiger partial charge in [-0.1, -0.05) is 18.2 Å². The third-order valence-corrected chi connectivity index (χ3v) is 4.41. The van der Waals surface area contributed by atoms with Crippen LogP contribution in [0.2, 0.25) is 0 Å². The van der Waals surface area contributed by atoms with Crippen LogP contribution in [0.25, 0.3) is 21.8 Å². The molecule has 0 radical (unpaired) electrons. The Morgan fingerprint density at radius 3 is 2.50 bits per heavy atom. The van der Waals surface area contributed by atoms with Gasteiger partial charge in [-0.2, -0.15) is 8.42 Å². The Balaban J connectivity index is 2.55. The predicted molar refractivity (Wildman–Crippen MR) is 79.3 cm³/mol. The fourth-order valence-corrected chi connectivity index (χ4v) is 3.27. The average Bonchev–Trinajstić information content (AvgIpc) is 2.70. The fraction of sp³-hybridized carbons (Fsp3) is 0.143. The summed E-state index contributed by atoms with van der Waals surface area (Å²) in [6.45, 7) is 2.67. The molecule has 0 fully saturated rings. The molecule has 1 heterocycles. The smallest absolute Gasteiger partial charge is 0.296 e. The van der Waals surface area contributed by atoms with Gasteiger partial charge in [-0.3, -0.25) is 4.55 Å². The van der Waals surface area contributed by atoms with E-state index >= 15 is 0 Å². The Hall–Kier alpha value is -2.05. The second-order valence-corrected chi connectivity index (χ2v) is 6.03. The van der Waals surface area contributed by atoms with E-state index in [-0.39, 0.29) is 10.6 Å². The molecule has 2 aromatic carbocycles. The normalized spacial score (nSPS) is 12.3. The molecular formula is C14H14N2O3S. The second-order valence-electron chi connectivity index (χ2n) is 4.64. The fourth-order valence-electron chi connectivity index (χ4n) is 2.66. The Kier molecular flexibility index (Phi) is 2.74. The van der Waals surface area contributed by atoms with E-state index in [0.717, 1.165) is 21.8 Å². The van der Waals surface area contributed by atoms with E-state index in [0.29, 0.717) is 6.54 Å². The lowest BCUT2D eigenvalue weighted by Crippen LogP contribution is -2.04. The minimum atomic E-state index is -4.33. The van der Waals surface area contributed by atoms with Crippen molar-refractivity contribution in [2.24, 2.45) is 0 Å². The van der Waals surface area contributed by atoms with Crippen molar-refractivity contribution in [2.45, 2.75) is 18.4 Å². The largest absolute Gasteiger partial charge is 0.398 e.